The summed E-state index contributed by atoms with van der Waals surface area (Å²) in [4.78, 5) is 2.26. The Morgan fingerprint density at radius 3 is 2.55 bits per heavy atom. The lowest BCUT2D eigenvalue weighted by molar-refractivity contribution is -0.0577. The van der Waals surface area contributed by atoms with E-state index in [1.54, 1.807) is 14.2 Å². The van der Waals surface area contributed by atoms with E-state index in [-0.39, 0.29) is 5.60 Å². The molecule has 0 saturated carbocycles. The molecular weight excluding hydrogens is 418 g/mol. The maximum Gasteiger partial charge on any atom is 0.161 e. The molecular formula is C27H31NO5. The molecule has 1 saturated heterocycles. The lowest BCUT2D eigenvalue weighted by Gasteiger charge is -2.46. The Hall–Kier alpha value is -2.80. The lowest BCUT2D eigenvalue weighted by atomic mass is 9.81. The Bertz CT molecular complexity index is 1140. The summed E-state index contributed by atoms with van der Waals surface area (Å²) in [5.41, 5.74) is 1.31. The number of hydrogen-bond donors (Lipinski definition) is 2. The van der Waals surface area contributed by atoms with Crippen LogP contribution < -0.4 is 14.2 Å². The lowest BCUT2D eigenvalue weighted by Crippen LogP contribution is -2.51. The Morgan fingerprint density at radius 2 is 1.79 bits per heavy atom. The fourth-order valence-electron chi connectivity index (χ4n) is 5.22. The van der Waals surface area contributed by atoms with Crippen LogP contribution in [0, 0.1) is 0 Å². The van der Waals surface area contributed by atoms with Crippen molar-refractivity contribution in [3.63, 3.8) is 0 Å². The Morgan fingerprint density at radius 1 is 1.03 bits per heavy atom. The van der Waals surface area contributed by atoms with Crippen LogP contribution in [-0.2, 0) is 0 Å². The molecule has 3 aromatic rings. The van der Waals surface area contributed by atoms with Crippen LogP contribution in [0.1, 0.15) is 42.6 Å². The summed E-state index contributed by atoms with van der Waals surface area (Å²) in [5, 5.41) is 24.0. The molecule has 3 aromatic carbocycles. The Kier molecular flexibility index (Phi) is 5.91. The van der Waals surface area contributed by atoms with Crippen molar-refractivity contribution in [2.75, 3.05) is 33.9 Å². The molecule has 0 unspecified atom stereocenters. The van der Waals surface area contributed by atoms with E-state index in [1.165, 1.54) is 0 Å². The maximum absolute atomic E-state index is 10.9. The van der Waals surface area contributed by atoms with Gasteiger partial charge in [-0.1, -0.05) is 42.5 Å². The first kappa shape index (κ1) is 22.0. The van der Waals surface area contributed by atoms with Gasteiger partial charge in [-0.2, -0.15) is 0 Å². The Labute approximate surface area is 194 Å². The molecule has 6 heteroatoms. The largest absolute Gasteiger partial charge is 0.493 e. The zero-order chi connectivity index (χ0) is 23.0. The van der Waals surface area contributed by atoms with Gasteiger partial charge in [0.15, 0.2) is 11.5 Å². The van der Waals surface area contributed by atoms with Crippen molar-refractivity contribution >= 4 is 10.8 Å². The second-order valence-electron chi connectivity index (χ2n) is 9.14. The van der Waals surface area contributed by atoms with Crippen molar-refractivity contribution in [2.45, 2.75) is 37.1 Å². The molecule has 0 aliphatic carbocycles. The number of rotatable bonds is 5. The van der Waals surface area contributed by atoms with E-state index >= 15 is 0 Å². The van der Waals surface area contributed by atoms with Gasteiger partial charge in [0.2, 0.25) is 0 Å². The summed E-state index contributed by atoms with van der Waals surface area (Å²) in [6.07, 6.45) is 1.07. The molecule has 5 rings (SSSR count). The van der Waals surface area contributed by atoms with Gasteiger partial charge in [0.1, 0.15) is 11.4 Å². The maximum atomic E-state index is 10.9. The molecule has 174 valence electrons. The summed E-state index contributed by atoms with van der Waals surface area (Å²) in [5.74, 6) is 2.09. The number of hydrogen-bond acceptors (Lipinski definition) is 6. The van der Waals surface area contributed by atoms with Crippen LogP contribution in [0.4, 0.5) is 0 Å². The minimum absolute atomic E-state index is 0.374. The molecule has 2 atom stereocenters. The van der Waals surface area contributed by atoms with Crippen LogP contribution in [0.2, 0.25) is 0 Å². The van der Waals surface area contributed by atoms with Gasteiger partial charge in [0.25, 0.3) is 0 Å². The molecule has 0 aromatic heterocycles. The predicted octanol–water partition coefficient (Wildman–Crippen LogP) is 4.24. The first-order valence-electron chi connectivity index (χ1n) is 11.5. The minimum atomic E-state index is -0.624. The summed E-state index contributed by atoms with van der Waals surface area (Å²) in [6.45, 7) is 2.14. The number of likely N-dealkylation sites (tertiary alicyclic amines) is 1. The number of methoxy groups -OCH3 is 2. The zero-order valence-corrected chi connectivity index (χ0v) is 19.2. The second kappa shape index (κ2) is 8.86. The third-order valence-electron chi connectivity index (χ3n) is 7.14. The second-order valence-corrected chi connectivity index (χ2v) is 9.14. The number of aliphatic hydroxyl groups is 2. The molecule has 1 spiro atoms. The van der Waals surface area contributed by atoms with E-state index in [9.17, 15) is 10.2 Å². The number of piperidine rings is 1. The Balaban J connectivity index is 1.28. The molecule has 0 bridgehead atoms. The highest BCUT2D eigenvalue weighted by Crippen LogP contribution is 2.47. The van der Waals surface area contributed by atoms with Gasteiger partial charge in [0, 0.05) is 37.0 Å². The highest BCUT2D eigenvalue weighted by atomic mass is 16.5. The molecule has 0 radical (unpaired) electrons. The molecule has 2 aliphatic heterocycles. The fourth-order valence-corrected chi connectivity index (χ4v) is 5.22. The standard InChI is InChI=1S/C27H31NO5/c1-31-24-10-8-19(15-25(24)32-2)23(30)17-28-13-11-27(12-14-28)16-22(29)21-9-7-18-5-3-4-6-20(18)26(21)33-27/h3-10,15,22-23,29-30H,11-14,16-17H2,1-2H3/t22-,23+/m1/s1. The molecule has 1 fully saturated rings. The van der Waals surface area contributed by atoms with Crippen molar-refractivity contribution < 1.29 is 24.4 Å². The van der Waals surface area contributed by atoms with Crippen LogP contribution in [0.5, 0.6) is 17.2 Å². The van der Waals surface area contributed by atoms with E-state index in [4.69, 9.17) is 14.2 Å². The molecule has 6 nitrogen and oxygen atoms in total. The average Bonchev–Trinajstić information content (AvgIpc) is 2.85. The summed E-state index contributed by atoms with van der Waals surface area (Å²) >= 11 is 0. The fraction of sp³-hybridized carbons (Fsp3) is 0.407. The molecule has 33 heavy (non-hydrogen) atoms. The topological polar surface area (TPSA) is 71.4 Å². The van der Waals surface area contributed by atoms with Crippen molar-refractivity contribution in [3.05, 3.63) is 65.7 Å². The van der Waals surface area contributed by atoms with E-state index < -0.39 is 12.2 Å². The van der Waals surface area contributed by atoms with Crippen LogP contribution in [0.3, 0.4) is 0 Å². The SMILES string of the molecule is COc1ccc([C@@H](O)CN2CCC3(CC2)C[C@@H](O)c2ccc4ccccc4c2O3)cc1OC. The predicted molar refractivity (Wildman–Crippen MR) is 127 cm³/mol. The first-order valence-corrected chi connectivity index (χ1v) is 11.5. The van der Waals surface area contributed by atoms with Crippen molar-refractivity contribution in [1.82, 2.24) is 4.90 Å². The highest BCUT2D eigenvalue weighted by Gasteiger charge is 2.43. The van der Waals surface area contributed by atoms with Gasteiger partial charge < -0.3 is 29.3 Å². The highest BCUT2D eigenvalue weighted by molar-refractivity contribution is 5.90. The monoisotopic (exact) mass is 449 g/mol. The number of β-amino-alcohol motifs (C(OH)–C–C–N with tert-alkyl or cyclic N) is 1. The van der Waals surface area contributed by atoms with Crippen LogP contribution in [0.15, 0.2) is 54.6 Å². The summed E-state index contributed by atoms with van der Waals surface area (Å²) < 4.78 is 17.3. The van der Waals surface area contributed by atoms with Crippen LogP contribution in [-0.4, -0.2) is 54.6 Å². The number of aliphatic hydroxyl groups excluding tert-OH is 2. The van der Waals surface area contributed by atoms with Gasteiger partial charge in [-0.25, -0.2) is 0 Å². The molecule has 2 aliphatic rings. The number of nitrogens with zero attached hydrogens (tertiary/aromatic N) is 1. The molecule has 2 heterocycles. The van der Waals surface area contributed by atoms with Crippen molar-refractivity contribution in [3.8, 4) is 17.2 Å². The van der Waals surface area contributed by atoms with Gasteiger partial charge in [0.05, 0.1) is 26.4 Å². The summed E-state index contributed by atoms with van der Waals surface area (Å²) in [7, 11) is 3.20. The normalized spacial score (nSPS) is 20.8. The molecule has 2 N–H and O–H groups in total. The minimum Gasteiger partial charge on any atom is -0.493 e. The summed E-state index contributed by atoms with van der Waals surface area (Å²) in [6, 6.07) is 17.7. The van der Waals surface area contributed by atoms with E-state index in [2.05, 4.69) is 23.1 Å². The number of ether oxygens (including phenoxy) is 3. The smallest absolute Gasteiger partial charge is 0.161 e. The van der Waals surface area contributed by atoms with Gasteiger partial charge in [-0.15, -0.1) is 0 Å². The van der Waals surface area contributed by atoms with Crippen LogP contribution >= 0.6 is 0 Å². The van der Waals surface area contributed by atoms with Gasteiger partial charge in [-0.3, -0.25) is 0 Å². The van der Waals surface area contributed by atoms with Gasteiger partial charge >= 0.3 is 0 Å². The van der Waals surface area contributed by atoms with Crippen LogP contribution in [0.25, 0.3) is 10.8 Å². The third-order valence-corrected chi connectivity index (χ3v) is 7.14. The first-order chi connectivity index (χ1) is 16.0. The third kappa shape index (κ3) is 4.14. The zero-order valence-electron chi connectivity index (χ0n) is 19.2. The van der Waals surface area contributed by atoms with E-state index in [1.807, 2.05) is 36.4 Å². The van der Waals surface area contributed by atoms with Gasteiger partial charge in [-0.05, 0) is 35.9 Å². The van der Waals surface area contributed by atoms with Crippen molar-refractivity contribution in [2.24, 2.45) is 0 Å². The van der Waals surface area contributed by atoms with E-state index in [0.29, 0.717) is 24.5 Å². The number of benzene rings is 3. The van der Waals surface area contributed by atoms with Crippen molar-refractivity contribution in [1.29, 1.82) is 0 Å². The molecule has 0 amide bonds. The average molecular weight is 450 g/mol. The number of fused-ring (bicyclic) bond motifs is 3. The van der Waals surface area contributed by atoms with E-state index in [0.717, 1.165) is 53.6 Å². The quantitative estimate of drug-likeness (QED) is 0.607.